The first-order valence-electron chi connectivity index (χ1n) is 4.76. The van der Waals surface area contributed by atoms with Gasteiger partial charge in [0.25, 0.3) is 0 Å². The third kappa shape index (κ3) is 3.21. The van der Waals surface area contributed by atoms with Gasteiger partial charge in [-0.05, 0) is 25.0 Å². The van der Waals surface area contributed by atoms with Gasteiger partial charge >= 0.3 is 0 Å². The minimum atomic E-state index is 0.642. The Hall–Kier alpha value is -0.540. The van der Waals surface area contributed by atoms with Crippen molar-refractivity contribution in [2.24, 2.45) is 4.99 Å². The molecule has 0 fully saturated rings. The molecule has 4 heteroatoms. The van der Waals surface area contributed by atoms with E-state index in [1.165, 1.54) is 0 Å². The van der Waals surface area contributed by atoms with Crippen molar-refractivity contribution in [3.63, 3.8) is 0 Å². The van der Waals surface area contributed by atoms with Crippen LogP contribution >= 0.6 is 27.5 Å². The number of nitrogens with two attached hydrogens (primary N) is 1. The Balaban J connectivity index is 3.02. The third-order valence-corrected chi connectivity index (χ3v) is 3.08. The van der Waals surface area contributed by atoms with Gasteiger partial charge in [-0.3, -0.25) is 4.99 Å². The monoisotopic (exact) mass is 288 g/mol. The summed E-state index contributed by atoms with van der Waals surface area (Å²) in [5.41, 5.74) is 8.67. The predicted molar refractivity (Wildman–Crippen MR) is 71.0 cm³/mol. The quantitative estimate of drug-likeness (QED) is 0.514. The van der Waals surface area contributed by atoms with Crippen LogP contribution in [0.3, 0.4) is 0 Å². The van der Waals surface area contributed by atoms with Gasteiger partial charge in [0.1, 0.15) is 0 Å². The van der Waals surface area contributed by atoms with Gasteiger partial charge in [0.15, 0.2) is 0 Å². The Labute approximate surface area is 104 Å². The molecule has 1 aromatic carbocycles. The number of benzene rings is 1. The first-order chi connectivity index (χ1) is 7.20. The van der Waals surface area contributed by atoms with Gasteiger partial charge < -0.3 is 5.73 Å². The molecule has 0 unspecified atom stereocenters. The minimum Gasteiger partial charge on any atom is -0.398 e. The van der Waals surface area contributed by atoms with E-state index in [1.807, 2.05) is 18.2 Å². The van der Waals surface area contributed by atoms with Crippen molar-refractivity contribution in [2.75, 3.05) is 18.7 Å². The maximum absolute atomic E-state index is 5.93. The first kappa shape index (κ1) is 12.5. The highest BCUT2D eigenvalue weighted by molar-refractivity contribution is 9.10. The van der Waals surface area contributed by atoms with E-state index in [1.54, 1.807) is 7.05 Å². The summed E-state index contributed by atoms with van der Waals surface area (Å²) in [5, 5.41) is 0. The highest BCUT2D eigenvalue weighted by Gasteiger charge is 2.10. The Morgan fingerprint density at radius 1 is 1.53 bits per heavy atom. The van der Waals surface area contributed by atoms with Crippen molar-refractivity contribution in [1.29, 1.82) is 0 Å². The van der Waals surface area contributed by atoms with Gasteiger partial charge in [0, 0.05) is 34.4 Å². The van der Waals surface area contributed by atoms with E-state index in [-0.39, 0.29) is 0 Å². The molecule has 0 atom stereocenters. The van der Waals surface area contributed by atoms with Crippen LogP contribution < -0.4 is 5.73 Å². The molecule has 1 aromatic rings. The average Bonchev–Trinajstić information content (AvgIpc) is 2.22. The van der Waals surface area contributed by atoms with Gasteiger partial charge in [-0.1, -0.05) is 22.0 Å². The Morgan fingerprint density at radius 3 is 2.80 bits per heavy atom. The van der Waals surface area contributed by atoms with Gasteiger partial charge in [-0.2, -0.15) is 0 Å². The summed E-state index contributed by atoms with van der Waals surface area (Å²) >= 11 is 9.16. The zero-order valence-electron chi connectivity index (χ0n) is 8.63. The number of rotatable bonds is 4. The third-order valence-electron chi connectivity index (χ3n) is 2.15. The number of hydrogen-bond donors (Lipinski definition) is 1. The van der Waals surface area contributed by atoms with Crippen molar-refractivity contribution >= 4 is 38.9 Å². The van der Waals surface area contributed by atoms with Gasteiger partial charge in [-0.15, -0.1) is 11.6 Å². The van der Waals surface area contributed by atoms with Crippen molar-refractivity contribution < 1.29 is 0 Å². The summed E-state index contributed by atoms with van der Waals surface area (Å²) in [5.74, 6) is 0.642. The number of alkyl halides is 1. The fourth-order valence-electron chi connectivity index (χ4n) is 1.43. The van der Waals surface area contributed by atoms with E-state index in [4.69, 9.17) is 17.3 Å². The number of anilines is 1. The lowest BCUT2D eigenvalue weighted by Gasteiger charge is -2.10. The number of nitrogens with zero attached hydrogens (tertiary/aromatic N) is 1. The molecule has 0 heterocycles. The van der Waals surface area contributed by atoms with Crippen molar-refractivity contribution in [2.45, 2.75) is 12.8 Å². The van der Waals surface area contributed by atoms with Crippen LogP contribution in [0.25, 0.3) is 0 Å². The molecule has 0 saturated carbocycles. The second kappa shape index (κ2) is 6.13. The zero-order valence-corrected chi connectivity index (χ0v) is 11.0. The predicted octanol–water partition coefficient (Wildman–Crippen LogP) is 3.47. The van der Waals surface area contributed by atoms with Crippen LogP contribution in [-0.2, 0) is 0 Å². The van der Waals surface area contributed by atoms with Crippen LogP contribution in [0.15, 0.2) is 27.7 Å². The average molecular weight is 290 g/mol. The summed E-state index contributed by atoms with van der Waals surface area (Å²) in [7, 11) is 1.78. The molecule has 0 amide bonds. The lowest BCUT2D eigenvalue weighted by molar-refractivity contribution is 0.997. The summed E-state index contributed by atoms with van der Waals surface area (Å²) in [4.78, 5) is 4.27. The standard InChI is InChI=1S/C11H14BrClN2/c1-15-10(6-3-7-13)11-8(12)4-2-5-9(11)14/h2,4-5H,3,6-7,14H2,1H3. The lowest BCUT2D eigenvalue weighted by atomic mass is 10.0. The molecule has 15 heavy (non-hydrogen) atoms. The minimum absolute atomic E-state index is 0.642. The number of halogens is 2. The molecule has 0 radical (unpaired) electrons. The Morgan fingerprint density at radius 2 is 2.27 bits per heavy atom. The first-order valence-corrected chi connectivity index (χ1v) is 6.09. The number of aliphatic imine (C=N–C) groups is 1. The highest BCUT2D eigenvalue weighted by atomic mass is 79.9. The summed E-state index contributed by atoms with van der Waals surface area (Å²) < 4.78 is 0.984. The Kier molecular flexibility index (Phi) is 5.12. The maximum Gasteiger partial charge on any atom is 0.0449 e. The second-order valence-electron chi connectivity index (χ2n) is 3.17. The van der Waals surface area contributed by atoms with Gasteiger partial charge in [-0.25, -0.2) is 0 Å². The van der Waals surface area contributed by atoms with Gasteiger partial charge in [0.2, 0.25) is 0 Å². The fraction of sp³-hybridized carbons (Fsp3) is 0.364. The highest BCUT2D eigenvalue weighted by Crippen LogP contribution is 2.24. The smallest absolute Gasteiger partial charge is 0.0449 e. The molecule has 0 spiro atoms. The van der Waals surface area contributed by atoms with Crippen molar-refractivity contribution in [1.82, 2.24) is 0 Å². The number of nitrogen functional groups attached to an aromatic ring is 1. The molecule has 82 valence electrons. The fourth-order valence-corrected chi connectivity index (χ4v) is 2.17. The van der Waals surface area contributed by atoms with E-state index in [9.17, 15) is 0 Å². The van der Waals surface area contributed by atoms with Crippen molar-refractivity contribution in [3.05, 3.63) is 28.2 Å². The van der Waals surface area contributed by atoms with E-state index in [0.717, 1.165) is 34.3 Å². The van der Waals surface area contributed by atoms with Crippen LogP contribution in [-0.4, -0.2) is 18.6 Å². The van der Waals surface area contributed by atoms with Crippen LogP contribution in [0.5, 0.6) is 0 Å². The molecule has 0 aliphatic carbocycles. The molecular weight excluding hydrogens is 275 g/mol. The summed E-state index contributed by atoms with van der Waals surface area (Å²) in [6.45, 7) is 0. The van der Waals surface area contributed by atoms with E-state index >= 15 is 0 Å². The molecule has 2 nitrogen and oxygen atoms in total. The summed E-state index contributed by atoms with van der Waals surface area (Å²) in [6.07, 6.45) is 1.77. The van der Waals surface area contributed by atoms with E-state index in [2.05, 4.69) is 20.9 Å². The van der Waals surface area contributed by atoms with E-state index in [0.29, 0.717) is 5.88 Å². The second-order valence-corrected chi connectivity index (χ2v) is 4.40. The molecule has 1 rings (SSSR count). The van der Waals surface area contributed by atoms with Crippen LogP contribution in [0.2, 0.25) is 0 Å². The maximum atomic E-state index is 5.93. The van der Waals surface area contributed by atoms with E-state index < -0.39 is 0 Å². The normalized spacial score (nSPS) is 11.8. The lowest BCUT2D eigenvalue weighted by Crippen LogP contribution is -2.06. The zero-order chi connectivity index (χ0) is 11.3. The van der Waals surface area contributed by atoms with Crippen LogP contribution in [0, 0.1) is 0 Å². The SMILES string of the molecule is CN=C(CCCCl)c1c(N)cccc1Br. The molecule has 2 N–H and O–H groups in total. The largest absolute Gasteiger partial charge is 0.398 e. The molecular formula is C11H14BrClN2. The molecule has 0 aliphatic heterocycles. The Bertz CT molecular complexity index is 343. The number of hydrogen-bond acceptors (Lipinski definition) is 2. The topological polar surface area (TPSA) is 38.4 Å². The van der Waals surface area contributed by atoms with Gasteiger partial charge in [0.05, 0.1) is 0 Å². The summed E-state index contributed by atoms with van der Waals surface area (Å²) in [6, 6.07) is 5.77. The molecule has 0 aromatic heterocycles. The molecule has 0 saturated heterocycles. The van der Waals surface area contributed by atoms with Crippen LogP contribution in [0.4, 0.5) is 5.69 Å². The molecule has 0 bridgehead atoms. The van der Waals surface area contributed by atoms with Crippen molar-refractivity contribution in [3.8, 4) is 0 Å². The molecule has 0 aliphatic rings. The van der Waals surface area contributed by atoms with Crippen LogP contribution in [0.1, 0.15) is 18.4 Å².